The molecule has 4 heteroatoms. The molecule has 1 aromatic carbocycles. The lowest BCUT2D eigenvalue weighted by molar-refractivity contribution is -0.155. The number of benzene rings is 1. The van der Waals surface area contributed by atoms with Crippen LogP contribution in [0.3, 0.4) is 0 Å². The summed E-state index contributed by atoms with van der Waals surface area (Å²) in [7, 11) is 0. The summed E-state index contributed by atoms with van der Waals surface area (Å²) < 4.78 is 5.07. The van der Waals surface area contributed by atoms with Crippen molar-refractivity contribution in [3.05, 3.63) is 35.4 Å². The van der Waals surface area contributed by atoms with E-state index in [0.717, 1.165) is 19.3 Å². The summed E-state index contributed by atoms with van der Waals surface area (Å²) in [5.74, 6) is 0.963. The molecule has 5 rings (SSSR count). The third-order valence-electron chi connectivity index (χ3n) is 7.19. The van der Waals surface area contributed by atoms with Gasteiger partial charge in [-0.2, -0.15) is 0 Å². The van der Waals surface area contributed by atoms with E-state index in [1.165, 1.54) is 30.4 Å². The lowest BCUT2D eigenvalue weighted by Crippen LogP contribution is -2.60. The van der Waals surface area contributed by atoms with Gasteiger partial charge in [-0.15, -0.1) is 0 Å². The number of carbonyl (C=O) groups is 2. The quantitative estimate of drug-likeness (QED) is 0.801. The molecular formula is C23H31NO3. The molecule has 0 heterocycles. The summed E-state index contributed by atoms with van der Waals surface area (Å²) in [6.45, 7) is 5.98. The topological polar surface area (TPSA) is 55.4 Å². The number of amides is 1. The number of hydrogen-bond donors (Lipinski definition) is 1. The second kappa shape index (κ2) is 6.65. The van der Waals surface area contributed by atoms with Gasteiger partial charge in [-0.3, -0.25) is 4.79 Å². The van der Waals surface area contributed by atoms with Crippen molar-refractivity contribution in [2.75, 3.05) is 6.61 Å². The molecule has 1 aromatic rings. The molecule has 146 valence electrons. The van der Waals surface area contributed by atoms with Crippen LogP contribution in [0.15, 0.2) is 24.3 Å². The SMILES string of the molecule is CCOC(=O)[C@H](C)NC(=O)C12C[C@H]3C[C@@H](C1)CC(c1ccc(C)cc1)(C3)C2. The van der Waals surface area contributed by atoms with Gasteiger partial charge in [-0.1, -0.05) is 29.8 Å². The van der Waals surface area contributed by atoms with Gasteiger partial charge >= 0.3 is 5.97 Å². The van der Waals surface area contributed by atoms with Crippen LogP contribution < -0.4 is 5.32 Å². The first-order chi connectivity index (χ1) is 12.9. The Bertz CT molecular complexity index is 724. The Morgan fingerprint density at radius 2 is 1.78 bits per heavy atom. The van der Waals surface area contributed by atoms with E-state index < -0.39 is 6.04 Å². The minimum absolute atomic E-state index is 0.0636. The Kier molecular flexibility index (Phi) is 4.56. The Morgan fingerprint density at radius 1 is 1.15 bits per heavy atom. The molecule has 0 saturated heterocycles. The van der Waals surface area contributed by atoms with Crippen molar-refractivity contribution in [3.8, 4) is 0 Å². The second-order valence-corrected chi connectivity index (χ2v) is 9.33. The number of ether oxygens (including phenoxy) is 1. The average molecular weight is 370 g/mol. The summed E-state index contributed by atoms with van der Waals surface area (Å²) in [4.78, 5) is 25.3. The summed E-state index contributed by atoms with van der Waals surface area (Å²) in [5, 5.41) is 2.99. The fraction of sp³-hybridized carbons (Fsp3) is 0.652. The lowest BCUT2D eigenvalue weighted by atomic mass is 9.42. The first-order valence-corrected chi connectivity index (χ1v) is 10.4. The third kappa shape index (κ3) is 3.17. The standard InChI is InChI=1S/C23H31NO3/c1-4-27-20(25)16(3)24-21(26)23-12-17-9-18(13-23)11-22(10-17,14-23)19-7-5-15(2)6-8-19/h5-8,16-18H,4,9-14H2,1-3H3,(H,24,26)/t16-,17-,18+,22?,23?/m0/s1. The van der Waals surface area contributed by atoms with Crippen LogP contribution >= 0.6 is 0 Å². The van der Waals surface area contributed by atoms with Gasteiger partial charge in [-0.05, 0) is 82.1 Å². The van der Waals surface area contributed by atoms with E-state index in [2.05, 4.69) is 36.5 Å². The van der Waals surface area contributed by atoms with E-state index in [1.807, 2.05) is 0 Å². The number of aryl methyl sites for hydroxylation is 1. The highest BCUT2D eigenvalue weighted by Crippen LogP contribution is 2.65. The fourth-order valence-corrected chi connectivity index (χ4v) is 6.45. The zero-order chi connectivity index (χ0) is 19.2. The van der Waals surface area contributed by atoms with Crippen LogP contribution in [0.1, 0.15) is 63.5 Å². The molecule has 1 amide bonds. The average Bonchev–Trinajstić information content (AvgIpc) is 2.61. The molecule has 2 unspecified atom stereocenters. The van der Waals surface area contributed by atoms with Gasteiger partial charge in [0.2, 0.25) is 5.91 Å². The van der Waals surface area contributed by atoms with Crippen LogP contribution in [0, 0.1) is 24.2 Å². The van der Waals surface area contributed by atoms with Crippen molar-refractivity contribution < 1.29 is 14.3 Å². The van der Waals surface area contributed by atoms with Gasteiger partial charge in [0.1, 0.15) is 6.04 Å². The minimum Gasteiger partial charge on any atom is -0.464 e. The van der Waals surface area contributed by atoms with E-state index in [1.54, 1.807) is 13.8 Å². The maximum absolute atomic E-state index is 13.3. The van der Waals surface area contributed by atoms with Crippen molar-refractivity contribution in [2.45, 2.75) is 70.8 Å². The highest BCUT2D eigenvalue weighted by molar-refractivity contribution is 5.88. The second-order valence-electron chi connectivity index (χ2n) is 9.33. The Hall–Kier alpha value is -1.84. The summed E-state index contributed by atoms with van der Waals surface area (Å²) in [5.41, 5.74) is 2.48. The van der Waals surface area contributed by atoms with Crippen LogP contribution in [-0.4, -0.2) is 24.5 Å². The van der Waals surface area contributed by atoms with Crippen LogP contribution in [0.5, 0.6) is 0 Å². The Morgan fingerprint density at radius 3 is 2.37 bits per heavy atom. The maximum atomic E-state index is 13.3. The molecule has 1 N–H and O–H groups in total. The predicted octanol–water partition coefficient (Wildman–Crippen LogP) is 3.90. The van der Waals surface area contributed by atoms with E-state index >= 15 is 0 Å². The van der Waals surface area contributed by atoms with Gasteiger partial charge in [0.15, 0.2) is 0 Å². The lowest BCUT2D eigenvalue weighted by Gasteiger charge is -2.61. The third-order valence-corrected chi connectivity index (χ3v) is 7.19. The molecule has 4 saturated carbocycles. The summed E-state index contributed by atoms with van der Waals surface area (Å²) >= 11 is 0. The molecule has 27 heavy (non-hydrogen) atoms. The van der Waals surface area contributed by atoms with Gasteiger partial charge in [0.05, 0.1) is 12.0 Å². The molecule has 0 spiro atoms. The van der Waals surface area contributed by atoms with E-state index in [-0.39, 0.29) is 22.7 Å². The highest BCUT2D eigenvalue weighted by atomic mass is 16.5. The number of rotatable bonds is 5. The predicted molar refractivity (Wildman–Crippen MR) is 104 cm³/mol. The van der Waals surface area contributed by atoms with Gasteiger partial charge in [0, 0.05) is 0 Å². The fourth-order valence-electron chi connectivity index (χ4n) is 6.45. The van der Waals surface area contributed by atoms with Crippen molar-refractivity contribution in [1.29, 1.82) is 0 Å². The normalized spacial score (nSPS) is 34.9. The minimum atomic E-state index is -0.583. The molecule has 5 atom stereocenters. The van der Waals surface area contributed by atoms with Crippen molar-refractivity contribution in [3.63, 3.8) is 0 Å². The zero-order valence-corrected chi connectivity index (χ0v) is 16.7. The van der Waals surface area contributed by atoms with E-state index in [0.29, 0.717) is 18.4 Å². The molecule has 4 bridgehead atoms. The first-order valence-electron chi connectivity index (χ1n) is 10.4. The van der Waals surface area contributed by atoms with Gasteiger partial charge in [0.25, 0.3) is 0 Å². The number of nitrogens with one attached hydrogen (secondary N) is 1. The number of carbonyl (C=O) groups excluding carboxylic acids is 2. The molecule has 4 aliphatic rings. The molecule has 0 radical (unpaired) electrons. The van der Waals surface area contributed by atoms with Crippen LogP contribution in [0.2, 0.25) is 0 Å². The molecule has 0 aliphatic heterocycles. The smallest absolute Gasteiger partial charge is 0.328 e. The Labute approximate surface area is 162 Å². The first kappa shape index (κ1) is 18.5. The van der Waals surface area contributed by atoms with E-state index in [9.17, 15) is 9.59 Å². The Balaban J connectivity index is 1.59. The zero-order valence-electron chi connectivity index (χ0n) is 16.7. The molecule has 0 aromatic heterocycles. The molecule has 4 nitrogen and oxygen atoms in total. The number of hydrogen-bond acceptors (Lipinski definition) is 3. The maximum Gasteiger partial charge on any atom is 0.328 e. The van der Waals surface area contributed by atoms with Crippen LogP contribution in [0.4, 0.5) is 0 Å². The summed E-state index contributed by atoms with van der Waals surface area (Å²) in [6.07, 6.45) is 6.52. The molecule has 4 aliphatic carbocycles. The van der Waals surface area contributed by atoms with Crippen molar-refractivity contribution in [1.82, 2.24) is 5.32 Å². The van der Waals surface area contributed by atoms with Crippen LogP contribution in [0.25, 0.3) is 0 Å². The van der Waals surface area contributed by atoms with E-state index in [4.69, 9.17) is 4.74 Å². The van der Waals surface area contributed by atoms with Crippen molar-refractivity contribution in [2.24, 2.45) is 17.3 Å². The molecular weight excluding hydrogens is 338 g/mol. The largest absolute Gasteiger partial charge is 0.464 e. The highest BCUT2D eigenvalue weighted by Gasteiger charge is 2.61. The summed E-state index contributed by atoms with van der Waals surface area (Å²) in [6, 6.07) is 8.36. The number of esters is 1. The van der Waals surface area contributed by atoms with Crippen LogP contribution in [-0.2, 0) is 19.7 Å². The van der Waals surface area contributed by atoms with Crippen molar-refractivity contribution >= 4 is 11.9 Å². The van der Waals surface area contributed by atoms with Gasteiger partial charge < -0.3 is 10.1 Å². The van der Waals surface area contributed by atoms with Gasteiger partial charge in [-0.25, -0.2) is 4.79 Å². The molecule has 4 fully saturated rings. The monoisotopic (exact) mass is 369 g/mol.